The Morgan fingerprint density at radius 1 is 1.08 bits per heavy atom. The second-order valence-corrected chi connectivity index (χ2v) is 6.54. The smallest absolute Gasteiger partial charge is 0.253 e. The van der Waals surface area contributed by atoms with Crippen molar-refractivity contribution < 1.29 is 9.59 Å². The van der Waals surface area contributed by atoms with E-state index in [0.717, 1.165) is 5.75 Å². The third kappa shape index (κ3) is 5.28. The third-order valence-corrected chi connectivity index (χ3v) is 4.37. The number of anilines is 1. The second-order valence-electron chi connectivity index (χ2n) is 5.14. The van der Waals surface area contributed by atoms with E-state index >= 15 is 0 Å². The molecule has 0 radical (unpaired) electrons. The van der Waals surface area contributed by atoms with Crippen molar-refractivity contribution in [2.24, 2.45) is 0 Å². The first kappa shape index (κ1) is 18.4. The molecular weight excluding hydrogens is 344 g/mol. The molecule has 24 heavy (non-hydrogen) atoms. The van der Waals surface area contributed by atoms with Crippen LogP contribution >= 0.6 is 23.4 Å². The Balaban J connectivity index is 2.08. The van der Waals surface area contributed by atoms with Crippen LogP contribution in [0.2, 0.25) is 5.02 Å². The highest BCUT2D eigenvalue weighted by molar-refractivity contribution is 7.98. The van der Waals surface area contributed by atoms with Crippen molar-refractivity contribution in [1.29, 1.82) is 0 Å². The van der Waals surface area contributed by atoms with Crippen LogP contribution in [0.5, 0.6) is 0 Å². The summed E-state index contributed by atoms with van der Waals surface area (Å²) in [6.07, 6.45) is 2.50. The fourth-order valence-corrected chi connectivity index (χ4v) is 2.83. The molecule has 0 bridgehead atoms. The van der Waals surface area contributed by atoms with Crippen LogP contribution in [0.4, 0.5) is 5.69 Å². The Hall–Kier alpha value is -1.98. The van der Waals surface area contributed by atoms with Gasteiger partial charge in [0.15, 0.2) is 0 Å². The summed E-state index contributed by atoms with van der Waals surface area (Å²) in [5.41, 5.74) is 1.06. The average Bonchev–Trinajstić information content (AvgIpc) is 2.59. The molecular formula is C18H19ClN2O2S. The summed E-state index contributed by atoms with van der Waals surface area (Å²) < 4.78 is 0. The van der Waals surface area contributed by atoms with Crippen LogP contribution in [0.1, 0.15) is 16.8 Å². The molecule has 0 aliphatic rings. The van der Waals surface area contributed by atoms with Crippen LogP contribution < -0.4 is 10.6 Å². The highest BCUT2D eigenvalue weighted by Crippen LogP contribution is 2.15. The molecule has 0 saturated carbocycles. The van der Waals surface area contributed by atoms with Gasteiger partial charge in [-0.2, -0.15) is 11.8 Å². The highest BCUT2D eigenvalue weighted by atomic mass is 35.5. The first-order valence-corrected chi connectivity index (χ1v) is 9.29. The van der Waals surface area contributed by atoms with Crippen LogP contribution in [0, 0.1) is 0 Å². The van der Waals surface area contributed by atoms with Crippen LogP contribution in [0.15, 0.2) is 54.6 Å². The van der Waals surface area contributed by atoms with E-state index in [1.54, 1.807) is 48.2 Å². The number of rotatable bonds is 7. The number of carbonyl (C=O) groups is 2. The molecule has 2 aromatic rings. The maximum absolute atomic E-state index is 12.5. The number of carbonyl (C=O) groups excluding carboxylic acids is 2. The highest BCUT2D eigenvalue weighted by Gasteiger charge is 2.22. The number of thioether (sulfide) groups is 1. The SMILES string of the molecule is CSCC[C@H](NC(=O)c1ccccc1Cl)C(=O)Nc1ccccc1. The number of amides is 2. The molecule has 0 fully saturated rings. The topological polar surface area (TPSA) is 58.2 Å². The summed E-state index contributed by atoms with van der Waals surface area (Å²) in [6, 6.07) is 15.3. The lowest BCUT2D eigenvalue weighted by Crippen LogP contribution is -2.44. The van der Waals surface area contributed by atoms with E-state index in [0.29, 0.717) is 22.7 Å². The molecule has 4 nitrogen and oxygen atoms in total. The molecule has 0 saturated heterocycles. The second kappa shape index (κ2) is 9.35. The zero-order chi connectivity index (χ0) is 17.4. The summed E-state index contributed by atoms with van der Waals surface area (Å²) in [5.74, 6) is 0.168. The summed E-state index contributed by atoms with van der Waals surface area (Å²) in [4.78, 5) is 24.9. The molecule has 0 aromatic heterocycles. The Kier molecular flexibility index (Phi) is 7.15. The number of hydrogen-bond donors (Lipinski definition) is 2. The van der Waals surface area contributed by atoms with Gasteiger partial charge in [-0.1, -0.05) is 41.9 Å². The van der Waals surface area contributed by atoms with E-state index in [1.807, 2.05) is 24.5 Å². The van der Waals surface area contributed by atoms with Gasteiger partial charge in [0.1, 0.15) is 6.04 Å². The molecule has 6 heteroatoms. The first-order chi connectivity index (χ1) is 11.6. The summed E-state index contributed by atoms with van der Waals surface area (Å²) in [5, 5.41) is 5.97. The average molecular weight is 363 g/mol. The quantitative estimate of drug-likeness (QED) is 0.787. The molecule has 0 aliphatic carbocycles. The Morgan fingerprint density at radius 2 is 1.75 bits per heavy atom. The number of para-hydroxylation sites is 1. The zero-order valence-corrected chi connectivity index (χ0v) is 14.9. The standard InChI is InChI=1S/C18H19ClN2O2S/c1-24-12-11-16(18(23)20-13-7-3-2-4-8-13)21-17(22)14-9-5-6-10-15(14)19/h2-10,16H,11-12H2,1H3,(H,20,23)(H,21,22)/t16-/m0/s1. The molecule has 2 N–H and O–H groups in total. The Bertz CT molecular complexity index is 694. The number of halogens is 1. The van der Waals surface area contributed by atoms with Crippen LogP contribution in [-0.2, 0) is 4.79 Å². The van der Waals surface area contributed by atoms with Gasteiger partial charge in [-0.15, -0.1) is 0 Å². The molecule has 0 heterocycles. The molecule has 2 aromatic carbocycles. The molecule has 1 atom stereocenters. The zero-order valence-electron chi connectivity index (χ0n) is 13.3. The predicted octanol–water partition coefficient (Wildman–Crippen LogP) is 3.83. The van der Waals surface area contributed by atoms with Crippen molar-refractivity contribution in [2.45, 2.75) is 12.5 Å². The summed E-state index contributed by atoms with van der Waals surface area (Å²) in [6.45, 7) is 0. The molecule has 0 spiro atoms. The van der Waals surface area contributed by atoms with Crippen LogP contribution in [-0.4, -0.2) is 29.9 Å². The fourth-order valence-electron chi connectivity index (χ4n) is 2.14. The maximum atomic E-state index is 12.5. The van der Waals surface area contributed by atoms with Crippen molar-refractivity contribution in [1.82, 2.24) is 5.32 Å². The minimum absolute atomic E-state index is 0.240. The summed E-state index contributed by atoms with van der Waals surface area (Å²) >= 11 is 7.67. The van der Waals surface area contributed by atoms with E-state index in [9.17, 15) is 9.59 Å². The monoisotopic (exact) mass is 362 g/mol. The summed E-state index contributed by atoms with van der Waals surface area (Å²) in [7, 11) is 0. The van der Waals surface area contributed by atoms with E-state index in [4.69, 9.17) is 11.6 Å². The molecule has 0 unspecified atom stereocenters. The molecule has 0 aliphatic heterocycles. The van der Waals surface area contributed by atoms with Gasteiger partial charge < -0.3 is 10.6 Å². The Morgan fingerprint density at radius 3 is 2.42 bits per heavy atom. The number of benzene rings is 2. The van der Waals surface area contributed by atoms with Gasteiger partial charge in [0, 0.05) is 5.69 Å². The van der Waals surface area contributed by atoms with Gasteiger partial charge >= 0.3 is 0 Å². The van der Waals surface area contributed by atoms with Crippen molar-refractivity contribution in [3.8, 4) is 0 Å². The van der Waals surface area contributed by atoms with Gasteiger partial charge in [-0.25, -0.2) is 0 Å². The van der Waals surface area contributed by atoms with Crippen LogP contribution in [0.3, 0.4) is 0 Å². The predicted molar refractivity (Wildman–Crippen MR) is 101 cm³/mol. The van der Waals surface area contributed by atoms with E-state index < -0.39 is 6.04 Å². The number of nitrogens with one attached hydrogen (secondary N) is 2. The lowest BCUT2D eigenvalue weighted by Gasteiger charge is -2.18. The van der Waals surface area contributed by atoms with E-state index in [1.165, 1.54) is 0 Å². The lowest BCUT2D eigenvalue weighted by atomic mass is 10.1. The van der Waals surface area contributed by atoms with Gasteiger partial charge in [-0.3, -0.25) is 9.59 Å². The fraction of sp³-hybridized carbons (Fsp3) is 0.222. The van der Waals surface area contributed by atoms with Gasteiger partial charge in [0.25, 0.3) is 5.91 Å². The third-order valence-electron chi connectivity index (χ3n) is 3.39. The van der Waals surface area contributed by atoms with Gasteiger partial charge in [0.05, 0.1) is 10.6 Å². The van der Waals surface area contributed by atoms with Crippen LogP contribution in [0.25, 0.3) is 0 Å². The van der Waals surface area contributed by atoms with Crippen molar-refractivity contribution in [3.05, 3.63) is 65.2 Å². The van der Waals surface area contributed by atoms with Crippen molar-refractivity contribution >= 4 is 40.9 Å². The Labute approximate surface area is 151 Å². The normalized spacial score (nSPS) is 11.6. The minimum atomic E-state index is -0.624. The van der Waals surface area contributed by atoms with E-state index in [2.05, 4.69) is 10.6 Å². The van der Waals surface area contributed by atoms with Gasteiger partial charge in [-0.05, 0) is 42.7 Å². The number of hydrogen-bond acceptors (Lipinski definition) is 3. The maximum Gasteiger partial charge on any atom is 0.253 e. The molecule has 126 valence electrons. The molecule has 2 rings (SSSR count). The molecule has 2 amide bonds. The van der Waals surface area contributed by atoms with Gasteiger partial charge in [0.2, 0.25) is 5.91 Å². The first-order valence-electron chi connectivity index (χ1n) is 7.52. The minimum Gasteiger partial charge on any atom is -0.340 e. The van der Waals surface area contributed by atoms with E-state index in [-0.39, 0.29) is 11.8 Å². The lowest BCUT2D eigenvalue weighted by molar-refractivity contribution is -0.118. The van der Waals surface area contributed by atoms with Crippen molar-refractivity contribution in [2.75, 3.05) is 17.3 Å². The largest absolute Gasteiger partial charge is 0.340 e. The van der Waals surface area contributed by atoms with Crippen molar-refractivity contribution in [3.63, 3.8) is 0 Å².